The molecule has 2 N–H and O–H groups in total. The second-order valence-electron chi connectivity index (χ2n) is 5.42. The predicted molar refractivity (Wildman–Crippen MR) is 77.7 cm³/mol. The van der Waals surface area contributed by atoms with E-state index in [9.17, 15) is 9.90 Å². The highest BCUT2D eigenvalue weighted by Gasteiger charge is 2.22. The van der Waals surface area contributed by atoms with Crippen LogP contribution in [0.2, 0.25) is 0 Å². The summed E-state index contributed by atoms with van der Waals surface area (Å²) in [6, 6.07) is 11.3. The first-order chi connectivity index (χ1) is 10.2. The zero-order valence-electron chi connectivity index (χ0n) is 11.7. The van der Waals surface area contributed by atoms with Gasteiger partial charge >= 0.3 is 0 Å². The van der Waals surface area contributed by atoms with Crippen molar-refractivity contribution in [3.8, 4) is 11.3 Å². The summed E-state index contributed by atoms with van der Waals surface area (Å²) in [5, 5.41) is 16.3. The van der Waals surface area contributed by atoms with Crippen molar-refractivity contribution in [1.29, 1.82) is 0 Å². The molecular weight excluding hydrogens is 268 g/mol. The number of aliphatic hydroxyl groups is 1. The lowest BCUT2D eigenvalue weighted by atomic mass is 9.93. The molecule has 3 rings (SSSR count). The minimum Gasteiger partial charge on any atom is -0.393 e. The van der Waals surface area contributed by atoms with Crippen LogP contribution in [0.4, 0.5) is 0 Å². The fourth-order valence-corrected chi connectivity index (χ4v) is 2.60. The number of aliphatic hydroxyl groups excluding tert-OH is 1. The number of benzene rings is 1. The SMILES string of the molecule is O=C(NC1CCC(O)CC1)c1cc(-c2ccccc2)on1. The van der Waals surface area contributed by atoms with E-state index in [1.54, 1.807) is 6.07 Å². The van der Waals surface area contributed by atoms with E-state index in [4.69, 9.17) is 4.52 Å². The van der Waals surface area contributed by atoms with Crippen LogP contribution < -0.4 is 5.32 Å². The van der Waals surface area contributed by atoms with Crippen LogP contribution in [0.15, 0.2) is 40.9 Å². The molecule has 0 atom stereocenters. The van der Waals surface area contributed by atoms with Gasteiger partial charge in [0.25, 0.3) is 5.91 Å². The van der Waals surface area contributed by atoms with Gasteiger partial charge in [-0.1, -0.05) is 35.5 Å². The molecular formula is C16H18N2O3. The summed E-state index contributed by atoms with van der Waals surface area (Å²) in [6.45, 7) is 0. The predicted octanol–water partition coefficient (Wildman–Crippen LogP) is 2.37. The van der Waals surface area contributed by atoms with Crippen LogP contribution in [0.3, 0.4) is 0 Å². The third kappa shape index (κ3) is 3.31. The maximum Gasteiger partial charge on any atom is 0.273 e. The number of carbonyl (C=O) groups is 1. The van der Waals surface area contributed by atoms with Gasteiger partial charge < -0.3 is 14.9 Å². The van der Waals surface area contributed by atoms with Crippen molar-refractivity contribution >= 4 is 5.91 Å². The lowest BCUT2D eigenvalue weighted by Gasteiger charge is -2.25. The van der Waals surface area contributed by atoms with E-state index < -0.39 is 0 Å². The van der Waals surface area contributed by atoms with Crippen LogP contribution in [0.5, 0.6) is 0 Å². The van der Waals surface area contributed by atoms with Crippen molar-refractivity contribution in [2.75, 3.05) is 0 Å². The molecule has 110 valence electrons. The maximum atomic E-state index is 12.1. The molecule has 21 heavy (non-hydrogen) atoms. The summed E-state index contributed by atoms with van der Waals surface area (Å²) in [5.74, 6) is 0.363. The van der Waals surface area contributed by atoms with Gasteiger partial charge in [-0.2, -0.15) is 0 Å². The minimum absolute atomic E-state index is 0.109. The summed E-state index contributed by atoms with van der Waals surface area (Å²) in [7, 11) is 0. The summed E-state index contributed by atoms with van der Waals surface area (Å²) in [4.78, 5) is 12.1. The van der Waals surface area contributed by atoms with Gasteiger partial charge in [-0.25, -0.2) is 0 Å². The molecule has 1 fully saturated rings. The lowest BCUT2D eigenvalue weighted by molar-refractivity contribution is 0.0859. The highest BCUT2D eigenvalue weighted by molar-refractivity contribution is 5.93. The Morgan fingerprint density at radius 1 is 1.19 bits per heavy atom. The number of hydrogen-bond acceptors (Lipinski definition) is 4. The molecule has 1 saturated carbocycles. The monoisotopic (exact) mass is 286 g/mol. The Morgan fingerprint density at radius 3 is 2.62 bits per heavy atom. The molecule has 0 radical (unpaired) electrons. The van der Waals surface area contributed by atoms with Gasteiger partial charge in [0.1, 0.15) is 0 Å². The average Bonchev–Trinajstić information content (AvgIpc) is 3.00. The lowest BCUT2D eigenvalue weighted by Crippen LogP contribution is -2.38. The molecule has 1 amide bonds. The Balaban J connectivity index is 1.64. The Bertz CT molecular complexity index is 601. The maximum absolute atomic E-state index is 12.1. The second-order valence-corrected chi connectivity index (χ2v) is 5.42. The molecule has 5 heteroatoms. The third-order valence-electron chi connectivity index (χ3n) is 3.83. The molecule has 2 aromatic rings. The number of nitrogens with zero attached hydrogens (tertiary/aromatic N) is 1. The van der Waals surface area contributed by atoms with E-state index in [1.165, 1.54) is 0 Å². The van der Waals surface area contributed by atoms with E-state index in [0.717, 1.165) is 31.2 Å². The van der Waals surface area contributed by atoms with Crippen LogP contribution in [-0.4, -0.2) is 28.3 Å². The Kier molecular flexibility index (Phi) is 4.01. The summed E-state index contributed by atoms with van der Waals surface area (Å²) in [5.41, 5.74) is 1.19. The molecule has 0 bridgehead atoms. The Morgan fingerprint density at radius 2 is 1.90 bits per heavy atom. The number of carbonyl (C=O) groups excluding carboxylic acids is 1. The zero-order valence-corrected chi connectivity index (χ0v) is 11.7. The topological polar surface area (TPSA) is 75.4 Å². The number of amides is 1. The standard InChI is InChI=1S/C16H18N2O3/c19-13-8-6-12(7-9-13)17-16(20)14-10-15(21-18-14)11-4-2-1-3-5-11/h1-5,10,12-13,19H,6-9H2,(H,17,20). The largest absolute Gasteiger partial charge is 0.393 e. The van der Waals surface area contributed by atoms with Gasteiger partial charge in [0.2, 0.25) is 0 Å². The highest BCUT2D eigenvalue weighted by atomic mass is 16.5. The third-order valence-corrected chi connectivity index (χ3v) is 3.83. The van der Waals surface area contributed by atoms with Crippen molar-refractivity contribution in [1.82, 2.24) is 10.5 Å². The zero-order chi connectivity index (χ0) is 14.7. The molecule has 0 spiro atoms. The van der Waals surface area contributed by atoms with E-state index in [0.29, 0.717) is 11.5 Å². The van der Waals surface area contributed by atoms with Gasteiger partial charge in [0.15, 0.2) is 11.5 Å². The summed E-state index contributed by atoms with van der Waals surface area (Å²) >= 11 is 0. The summed E-state index contributed by atoms with van der Waals surface area (Å²) in [6.07, 6.45) is 2.85. The average molecular weight is 286 g/mol. The highest BCUT2D eigenvalue weighted by Crippen LogP contribution is 2.21. The van der Waals surface area contributed by atoms with Crippen LogP contribution in [0, 0.1) is 0 Å². The van der Waals surface area contributed by atoms with Crippen molar-refractivity contribution in [2.24, 2.45) is 0 Å². The first-order valence-corrected chi connectivity index (χ1v) is 7.23. The number of rotatable bonds is 3. The van der Waals surface area contributed by atoms with Gasteiger partial charge in [-0.05, 0) is 25.7 Å². The fraction of sp³-hybridized carbons (Fsp3) is 0.375. The van der Waals surface area contributed by atoms with Gasteiger partial charge in [0, 0.05) is 17.7 Å². The minimum atomic E-state index is -0.227. The van der Waals surface area contributed by atoms with Gasteiger partial charge in [0.05, 0.1) is 6.10 Å². The molecule has 1 aliphatic rings. The van der Waals surface area contributed by atoms with Crippen LogP contribution >= 0.6 is 0 Å². The molecule has 1 aromatic carbocycles. The first-order valence-electron chi connectivity index (χ1n) is 7.23. The number of nitrogens with one attached hydrogen (secondary N) is 1. The quantitative estimate of drug-likeness (QED) is 0.908. The normalized spacial score (nSPS) is 22.0. The molecule has 0 aliphatic heterocycles. The molecule has 0 saturated heterocycles. The molecule has 1 aromatic heterocycles. The van der Waals surface area contributed by atoms with E-state index >= 15 is 0 Å². The van der Waals surface area contributed by atoms with Gasteiger partial charge in [-0.15, -0.1) is 0 Å². The summed E-state index contributed by atoms with van der Waals surface area (Å²) < 4.78 is 5.23. The molecule has 0 unspecified atom stereocenters. The van der Waals surface area contributed by atoms with E-state index in [-0.39, 0.29) is 18.1 Å². The van der Waals surface area contributed by atoms with Crippen molar-refractivity contribution in [3.05, 3.63) is 42.1 Å². The number of aromatic nitrogens is 1. The van der Waals surface area contributed by atoms with E-state index in [2.05, 4.69) is 10.5 Å². The van der Waals surface area contributed by atoms with E-state index in [1.807, 2.05) is 30.3 Å². The molecule has 1 heterocycles. The van der Waals surface area contributed by atoms with Crippen LogP contribution in [0.25, 0.3) is 11.3 Å². The Hall–Kier alpha value is -2.14. The molecule has 1 aliphatic carbocycles. The molecule has 5 nitrogen and oxygen atoms in total. The number of hydrogen-bond donors (Lipinski definition) is 2. The van der Waals surface area contributed by atoms with Crippen LogP contribution in [0.1, 0.15) is 36.2 Å². The van der Waals surface area contributed by atoms with Crippen LogP contribution in [-0.2, 0) is 0 Å². The second kappa shape index (κ2) is 6.10. The van der Waals surface area contributed by atoms with Crippen molar-refractivity contribution in [3.63, 3.8) is 0 Å². The van der Waals surface area contributed by atoms with Crippen molar-refractivity contribution in [2.45, 2.75) is 37.8 Å². The Labute approximate surface area is 123 Å². The smallest absolute Gasteiger partial charge is 0.273 e. The van der Waals surface area contributed by atoms with Gasteiger partial charge in [-0.3, -0.25) is 4.79 Å². The van der Waals surface area contributed by atoms with Crippen molar-refractivity contribution < 1.29 is 14.4 Å². The fourth-order valence-electron chi connectivity index (χ4n) is 2.60. The first kappa shape index (κ1) is 13.8.